The first kappa shape index (κ1) is 19.3. The summed E-state index contributed by atoms with van der Waals surface area (Å²) in [5.41, 5.74) is 9.45. The molecule has 1 aromatic carbocycles. The molecule has 0 spiro atoms. The molecule has 0 bridgehead atoms. The lowest BCUT2D eigenvalue weighted by molar-refractivity contribution is -0.274. The third kappa shape index (κ3) is 4.82. The van der Waals surface area contributed by atoms with E-state index in [1.54, 1.807) is 12.1 Å². The van der Waals surface area contributed by atoms with Gasteiger partial charge in [0.05, 0.1) is 24.0 Å². The van der Waals surface area contributed by atoms with Gasteiger partial charge in [0.1, 0.15) is 11.5 Å². The van der Waals surface area contributed by atoms with Gasteiger partial charge in [0.25, 0.3) is 0 Å². The third-order valence-corrected chi connectivity index (χ3v) is 3.70. The number of nitrogens with zero attached hydrogens (tertiary/aromatic N) is 2. The number of halogens is 3. The van der Waals surface area contributed by atoms with E-state index in [9.17, 15) is 13.2 Å². The Morgan fingerprint density at radius 3 is 2.46 bits per heavy atom. The molecule has 1 unspecified atom stereocenters. The zero-order chi connectivity index (χ0) is 20.1. The second-order valence-corrected chi connectivity index (χ2v) is 5.61. The number of rotatable bonds is 5. The molecule has 0 aliphatic carbocycles. The molecule has 2 aromatic rings. The second-order valence-electron chi connectivity index (χ2n) is 5.61. The smallest absolute Gasteiger partial charge is 0.438 e. The Hall–Kier alpha value is -3.47. The Kier molecular flexibility index (Phi) is 5.54. The zero-order valence-electron chi connectivity index (χ0n) is 14.3. The van der Waals surface area contributed by atoms with Crippen molar-refractivity contribution >= 4 is 11.6 Å². The van der Waals surface area contributed by atoms with E-state index < -0.39 is 12.5 Å². The van der Waals surface area contributed by atoms with E-state index in [-0.39, 0.29) is 5.75 Å². The molecular weight excluding hydrogens is 379 g/mol. The van der Waals surface area contributed by atoms with Crippen LogP contribution < -0.4 is 26.5 Å². The minimum Gasteiger partial charge on any atom is -0.438 e. The highest BCUT2D eigenvalue weighted by Gasteiger charge is 2.31. The number of benzene rings is 1. The molecule has 2 heterocycles. The molecule has 0 saturated carbocycles. The number of nitrogens with two attached hydrogens (primary N) is 2. The van der Waals surface area contributed by atoms with Gasteiger partial charge in [0.2, 0.25) is 5.90 Å². The summed E-state index contributed by atoms with van der Waals surface area (Å²) < 4.78 is 46.1. The number of hydrogen-bond donors (Lipinski definition) is 3. The van der Waals surface area contributed by atoms with E-state index in [1.165, 1.54) is 36.7 Å². The number of hydrazine groups is 1. The first-order valence-corrected chi connectivity index (χ1v) is 7.99. The highest BCUT2D eigenvalue weighted by Crippen LogP contribution is 2.30. The average molecular weight is 395 g/mol. The molecule has 5 N–H and O–H groups in total. The standard InChI is InChI=1S/C17H16F3N5O3/c18-17(19,20)27-11-3-1-10(2-4-11)15-7-16(25-28-15)26-12-5-6-13(23-9-12)14(8-21)24-22/h1-6,8-9,15,24H,7,21-22H2/b14-8-. The third-order valence-electron chi connectivity index (χ3n) is 3.70. The van der Waals surface area contributed by atoms with Crippen molar-refractivity contribution in [3.05, 3.63) is 60.1 Å². The normalized spacial score (nSPS) is 16.9. The topological polar surface area (TPSA) is 117 Å². The lowest BCUT2D eigenvalue weighted by Crippen LogP contribution is -2.21. The van der Waals surface area contributed by atoms with Crippen molar-refractivity contribution in [2.75, 3.05) is 0 Å². The van der Waals surface area contributed by atoms with Crippen molar-refractivity contribution in [2.24, 2.45) is 16.7 Å². The van der Waals surface area contributed by atoms with Gasteiger partial charge in [-0.1, -0.05) is 17.3 Å². The number of oxime groups is 1. The van der Waals surface area contributed by atoms with Gasteiger partial charge in [-0.25, -0.2) is 0 Å². The van der Waals surface area contributed by atoms with Crippen LogP contribution in [-0.4, -0.2) is 17.2 Å². The monoisotopic (exact) mass is 395 g/mol. The van der Waals surface area contributed by atoms with Crippen LogP contribution in [0.15, 0.2) is 54.0 Å². The van der Waals surface area contributed by atoms with Gasteiger partial charge in [0.15, 0.2) is 6.10 Å². The van der Waals surface area contributed by atoms with Crippen LogP contribution in [0.2, 0.25) is 0 Å². The number of aromatic nitrogens is 1. The molecule has 1 aliphatic heterocycles. The summed E-state index contributed by atoms with van der Waals surface area (Å²) in [7, 11) is 0. The summed E-state index contributed by atoms with van der Waals surface area (Å²) >= 11 is 0. The molecule has 1 aliphatic rings. The van der Waals surface area contributed by atoms with Crippen molar-refractivity contribution in [3.8, 4) is 11.5 Å². The summed E-state index contributed by atoms with van der Waals surface area (Å²) in [4.78, 5) is 9.45. The molecule has 148 valence electrons. The first-order chi connectivity index (χ1) is 13.4. The van der Waals surface area contributed by atoms with Crippen molar-refractivity contribution < 1.29 is 27.5 Å². The number of alkyl halides is 3. The van der Waals surface area contributed by atoms with Gasteiger partial charge in [0, 0.05) is 6.20 Å². The van der Waals surface area contributed by atoms with Crippen molar-refractivity contribution in [1.29, 1.82) is 0 Å². The second kappa shape index (κ2) is 8.05. The van der Waals surface area contributed by atoms with Gasteiger partial charge in [-0.05, 0) is 29.8 Å². The van der Waals surface area contributed by atoms with E-state index in [2.05, 4.69) is 20.3 Å². The number of hydrogen-bond acceptors (Lipinski definition) is 8. The lowest BCUT2D eigenvalue weighted by Gasteiger charge is -2.11. The Morgan fingerprint density at radius 1 is 1.18 bits per heavy atom. The molecule has 0 saturated heterocycles. The Labute approximate surface area is 157 Å². The summed E-state index contributed by atoms with van der Waals surface area (Å²) in [5.74, 6) is 5.75. The molecule has 0 fully saturated rings. The average Bonchev–Trinajstić information content (AvgIpc) is 3.12. The molecule has 28 heavy (non-hydrogen) atoms. The summed E-state index contributed by atoms with van der Waals surface area (Å²) in [6.45, 7) is 0. The van der Waals surface area contributed by atoms with E-state index in [0.717, 1.165) is 0 Å². The maximum Gasteiger partial charge on any atom is 0.573 e. The summed E-state index contributed by atoms with van der Waals surface area (Å²) in [5, 5.41) is 3.85. The summed E-state index contributed by atoms with van der Waals surface area (Å²) in [6.07, 6.45) is -2.15. The van der Waals surface area contributed by atoms with Crippen LogP contribution in [0, 0.1) is 0 Å². The fourth-order valence-corrected chi connectivity index (χ4v) is 2.42. The molecule has 1 atom stereocenters. The van der Waals surface area contributed by atoms with Crippen molar-refractivity contribution in [3.63, 3.8) is 0 Å². The fourth-order valence-electron chi connectivity index (χ4n) is 2.42. The van der Waals surface area contributed by atoms with Crippen molar-refractivity contribution in [2.45, 2.75) is 18.9 Å². The van der Waals surface area contributed by atoms with E-state index in [1.807, 2.05) is 0 Å². The largest absolute Gasteiger partial charge is 0.573 e. The lowest BCUT2D eigenvalue weighted by atomic mass is 10.1. The van der Waals surface area contributed by atoms with Gasteiger partial charge < -0.3 is 25.5 Å². The van der Waals surface area contributed by atoms with E-state index >= 15 is 0 Å². The quantitative estimate of drug-likeness (QED) is 0.526. The SMILES string of the molecule is N/C=C(\NN)c1ccc(OC2=NOC(c3ccc(OC(F)(F)F)cc3)C2)cn1. The molecule has 8 nitrogen and oxygen atoms in total. The molecule has 1 aromatic heterocycles. The maximum absolute atomic E-state index is 12.2. The summed E-state index contributed by atoms with van der Waals surface area (Å²) in [6, 6.07) is 8.68. The zero-order valence-corrected chi connectivity index (χ0v) is 14.3. The number of pyridine rings is 1. The van der Waals surface area contributed by atoms with E-state index in [0.29, 0.717) is 35.0 Å². The van der Waals surface area contributed by atoms with E-state index in [4.69, 9.17) is 21.2 Å². The molecule has 3 rings (SSSR count). The van der Waals surface area contributed by atoms with Crippen LogP contribution in [-0.2, 0) is 4.84 Å². The highest BCUT2D eigenvalue weighted by atomic mass is 19.4. The van der Waals surface area contributed by atoms with Crippen LogP contribution in [0.3, 0.4) is 0 Å². The Morgan fingerprint density at radius 2 is 1.89 bits per heavy atom. The molecular formula is C17H16F3N5O3. The van der Waals surface area contributed by atoms with Gasteiger partial charge >= 0.3 is 6.36 Å². The first-order valence-electron chi connectivity index (χ1n) is 7.99. The highest BCUT2D eigenvalue weighted by molar-refractivity contribution is 5.79. The predicted molar refractivity (Wildman–Crippen MR) is 93.4 cm³/mol. The molecule has 0 amide bonds. The minimum absolute atomic E-state index is 0.305. The van der Waals surface area contributed by atoms with Crippen LogP contribution in [0.4, 0.5) is 13.2 Å². The Balaban J connectivity index is 1.58. The van der Waals surface area contributed by atoms with Crippen LogP contribution in [0.25, 0.3) is 5.70 Å². The van der Waals surface area contributed by atoms with Gasteiger partial charge in [-0.15, -0.1) is 13.2 Å². The molecule has 11 heteroatoms. The Bertz CT molecular complexity index is 867. The number of ether oxygens (including phenoxy) is 2. The van der Waals surface area contributed by atoms with Gasteiger partial charge in [-0.2, -0.15) is 0 Å². The van der Waals surface area contributed by atoms with Crippen LogP contribution in [0.1, 0.15) is 23.8 Å². The molecule has 0 radical (unpaired) electrons. The minimum atomic E-state index is -4.74. The fraction of sp³-hybridized carbons (Fsp3) is 0.176. The van der Waals surface area contributed by atoms with Gasteiger partial charge in [-0.3, -0.25) is 10.8 Å². The maximum atomic E-state index is 12.2. The van der Waals surface area contributed by atoms with Crippen LogP contribution in [0.5, 0.6) is 11.5 Å². The van der Waals surface area contributed by atoms with Crippen LogP contribution >= 0.6 is 0 Å². The number of nitrogens with one attached hydrogen (secondary N) is 1. The van der Waals surface area contributed by atoms with Crippen molar-refractivity contribution in [1.82, 2.24) is 10.4 Å². The predicted octanol–water partition coefficient (Wildman–Crippen LogP) is 2.55.